The molecule has 5 heteroatoms. The first kappa shape index (κ1) is 17.9. The van der Waals surface area contributed by atoms with Gasteiger partial charge in [0, 0.05) is 10.6 Å². The van der Waals surface area contributed by atoms with Crippen molar-refractivity contribution in [3.8, 4) is 5.75 Å². The van der Waals surface area contributed by atoms with E-state index in [-0.39, 0.29) is 0 Å². The van der Waals surface area contributed by atoms with E-state index in [1.165, 1.54) is 60.8 Å². The smallest absolute Gasteiger partial charge is 0.142 e. The van der Waals surface area contributed by atoms with E-state index >= 15 is 0 Å². The molecule has 3 aromatic rings. The Morgan fingerprint density at radius 1 is 1.04 bits per heavy atom. The van der Waals surface area contributed by atoms with E-state index in [0.29, 0.717) is 6.10 Å². The van der Waals surface area contributed by atoms with Gasteiger partial charge in [-0.3, -0.25) is 0 Å². The fourth-order valence-electron chi connectivity index (χ4n) is 4.50. The third kappa shape index (κ3) is 3.60. The summed E-state index contributed by atoms with van der Waals surface area (Å²) < 4.78 is 6.15. The first-order valence-electron chi connectivity index (χ1n) is 10.6. The number of aromatic nitrogens is 2. The van der Waals surface area contributed by atoms with Crippen LogP contribution in [-0.2, 0) is 12.8 Å². The molecule has 1 aromatic carbocycles. The van der Waals surface area contributed by atoms with E-state index in [2.05, 4.69) is 46.5 Å². The lowest BCUT2D eigenvalue weighted by atomic mass is 9.89. The lowest BCUT2D eigenvalue weighted by Gasteiger charge is -2.23. The van der Waals surface area contributed by atoms with Gasteiger partial charge in [-0.15, -0.1) is 11.3 Å². The molecule has 2 aliphatic carbocycles. The van der Waals surface area contributed by atoms with E-state index < -0.39 is 0 Å². The predicted octanol–water partition coefficient (Wildman–Crippen LogP) is 6.27. The van der Waals surface area contributed by atoms with Gasteiger partial charge in [0.05, 0.1) is 11.5 Å². The lowest BCUT2D eigenvalue weighted by Crippen LogP contribution is -2.19. The normalized spacial score (nSPS) is 20.1. The van der Waals surface area contributed by atoms with Crippen LogP contribution in [0.2, 0.25) is 0 Å². The van der Waals surface area contributed by atoms with Gasteiger partial charge in [0.15, 0.2) is 0 Å². The topological polar surface area (TPSA) is 47.0 Å². The molecule has 0 saturated heterocycles. The highest BCUT2D eigenvalue weighted by Gasteiger charge is 2.23. The Hall–Kier alpha value is -2.14. The Morgan fingerprint density at radius 3 is 2.68 bits per heavy atom. The Kier molecular flexibility index (Phi) is 4.93. The quantitative estimate of drug-likeness (QED) is 0.567. The van der Waals surface area contributed by atoms with Gasteiger partial charge >= 0.3 is 0 Å². The highest BCUT2D eigenvalue weighted by molar-refractivity contribution is 7.19. The van der Waals surface area contributed by atoms with Gasteiger partial charge in [0.25, 0.3) is 0 Å². The zero-order valence-electron chi connectivity index (χ0n) is 16.4. The maximum atomic E-state index is 6.15. The monoisotopic (exact) mass is 393 g/mol. The Balaban J connectivity index is 1.36. The van der Waals surface area contributed by atoms with Crippen LogP contribution in [0.3, 0.4) is 0 Å². The molecule has 0 amide bonds. The summed E-state index contributed by atoms with van der Waals surface area (Å²) in [5.74, 6) is 2.66. The van der Waals surface area contributed by atoms with Crippen LogP contribution in [0.1, 0.15) is 55.9 Å². The molecule has 0 aliphatic heterocycles. The van der Waals surface area contributed by atoms with Gasteiger partial charge in [-0.25, -0.2) is 9.97 Å². The Bertz CT molecular complexity index is 960. The molecule has 28 heavy (non-hydrogen) atoms. The van der Waals surface area contributed by atoms with E-state index in [4.69, 9.17) is 4.74 Å². The molecular formula is C23H27N3OS. The molecule has 2 aliphatic rings. The van der Waals surface area contributed by atoms with Crippen LogP contribution in [0.5, 0.6) is 5.75 Å². The van der Waals surface area contributed by atoms with Crippen LogP contribution in [-0.4, -0.2) is 16.1 Å². The zero-order valence-corrected chi connectivity index (χ0v) is 17.2. The second-order valence-corrected chi connectivity index (χ2v) is 9.37. The minimum atomic E-state index is 0.383. The molecule has 0 bridgehead atoms. The van der Waals surface area contributed by atoms with Crippen LogP contribution in [0.4, 0.5) is 11.5 Å². The van der Waals surface area contributed by atoms with Gasteiger partial charge in [0.2, 0.25) is 0 Å². The number of ether oxygens (including phenoxy) is 1. The maximum absolute atomic E-state index is 6.15. The number of hydrogen-bond acceptors (Lipinski definition) is 5. The third-order valence-electron chi connectivity index (χ3n) is 6.06. The van der Waals surface area contributed by atoms with Crippen molar-refractivity contribution in [1.82, 2.24) is 9.97 Å². The average molecular weight is 394 g/mol. The van der Waals surface area contributed by atoms with E-state index in [0.717, 1.165) is 34.4 Å². The molecule has 2 heterocycles. The molecule has 0 spiro atoms. The number of benzene rings is 1. The number of aryl methyl sites for hydroxylation is 1. The summed E-state index contributed by atoms with van der Waals surface area (Å²) in [6, 6.07) is 8.32. The third-order valence-corrected chi connectivity index (χ3v) is 7.23. The van der Waals surface area contributed by atoms with Crippen molar-refractivity contribution in [2.45, 2.75) is 64.4 Å². The van der Waals surface area contributed by atoms with Gasteiger partial charge in [-0.05, 0) is 80.7 Å². The van der Waals surface area contributed by atoms with Crippen molar-refractivity contribution >= 4 is 33.1 Å². The van der Waals surface area contributed by atoms with E-state index in [1.54, 1.807) is 6.33 Å². The second kappa shape index (κ2) is 7.70. The summed E-state index contributed by atoms with van der Waals surface area (Å²) in [7, 11) is 0. The standard InChI is InChI=1S/C23H27N3OS/c1-15-7-12-19-20(13-15)28-23-21(19)22(24-14-25-23)26-16-8-10-18(11-9-16)27-17-5-3-2-4-6-17/h8-11,14-15,17H,2-7,12-13H2,1H3,(H,24,25,26). The molecule has 2 aromatic heterocycles. The van der Waals surface area contributed by atoms with Crippen LogP contribution in [0.15, 0.2) is 30.6 Å². The number of fused-ring (bicyclic) bond motifs is 3. The molecular weight excluding hydrogens is 366 g/mol. The molecule has 1 saturated carbocycles. The van der Waals surface area contributed by atoms with Crippen molar-refractivity contribution in [2.75, 3.05) is 5.32 Å². The number of nitrogens with zero attached hydrogens (tertiary/aromatic N) is 2. The number of hydrogen-bond donors (Lipinski definition) is 1. The van der Waals surface area contributed by atoms with E-state index in [1.807, 2.05) is 11.3 Å². The van der Waals surface area contributed by atoms with Crippen molar-refractivity contribution in [1.29, 1.82) is 0 Å². The van der Waals surface area contributed by atoms with Gasteiger partial charge in [0.1, 0.15) is 22.7 Å². The Morgan fingerprint density at radius 2 is 1.86 bits per heavy atom. The molecule has 1 atom stereocenters. The fraction of sp³-hybridized carbons (Fsp3) is 0.478. The summed E-state index contributed by atoms with van der Waals surface area (Å²) in [5.41, 5.74) is 2.50. The minimum absolute atomic E-state index is 0.383. The van der Waals surface area contributed by atoms with Crippen molar-refractivity contribution in [3.05, 3.63) is 41.0 Å². The highest BCUT2D eigenvalue weighted by atomic mass is 32.1. The van der Waals surface area contributed by atoms with Crippen LogP contribution >= 0.6 is 11.3 Å². The molecule has 1 fully saturated rings. The number of nitrogens with one attached hydrogen (secondary N) is 1. The molecule has 146 valence electrons. The number of anilines is 2. The van der Waals surface area contributed by atoms with E-state index in [9.17, 15) is 0 Å². The predicted molar refractivity (Wildman–Crippen MR) is 116 cm³/mol. The highest BCUT2D eigenvalue weighted by Crippen LogP contribution is 2.40. The van der Waals surface area contributed by atoms with Crippen LogP contribution in [0.25, 0.3) is 10.2 Å². The molecule has 1 N–H and O–H groups in total. The van der Waals surface area contributed by atoms with Crippen molar-refractivity contribution in [2.24, 2.45) is 5.92 Å². The largest absolute Gasteiger partial charge is 0.490 e. The molecule has 5 rings (SSSR count). The van der Waals surface area contributed by atoms with Gasteiger partial charge < -0.3 is 10.1 Å². The minimum Gasteiger partial charge on any atom is -0.490 e. The summed E-state index contributed by atoms with van der Waals surface area (Å²) in [6.07, 6.45) is 11.9. The van der Waals surface area contributed by atoms with Gasteiger partial charge in [-0.2, -0.15) is 0 Å². The van der Waals surface area contributed by atoms with Crippen molar-refractivity contribution < 1.29 is 4.74 Å². The van der Waals surface area contributed by atoms with Crippen molar-refractivity contribution in [3.63, 3.8) is 0 Å². The molecule has 1 unspecified atom stereocenters. The molecule has 0 radical (unpaired) electrons. The summed E-state index contributed by atoms with van der Waals surface area (Å²) in [4.78, 5) is 11.7. The second-order valence-electron chi connectivity index (χ2n) is 8.28. The van der Waals surface area contributed by atoms with Crippen LogP contribution in [0, 0.1) is 5.92 Å². The number of rotatable bonds is 4. The van der Waals surface area contributed by atoms with Crippen LogP contribution < -0.4 is 10.1 Å². The summed E-state index contributed by atoms with van der Waals surface area (Å²) in [5, 5.41) is 4.74. The SMILES string of the molecule is CC1CCc2c(sc3ncnc(Nc4ccc(OC5CCCCC5)cc4)c23)C1. The number of thiophene rings is 1. The first-order chi connectivity index (χ1) is 13.8. The lowest BCUT2D eigenvalue weighted by molar-refractivity contribution is 0.155. The maximum Gasteiger partial charge on any atom is 0.142 e. The summed E-state index contributed by atoms with van der Waals surface area (Å²) in [6.45, 7) is 2.34. The fourth-order valence-corrected chi connectivity index (χ4v) is 5.85. The van der Waals surface area contributed by atoms with Gasteiger partial charge in [-0.1, -0.05) is 13.3 Å². The zero-order chi connectivity index (χ0) is 18.9. The average Bonchev–Trinajstić information content (AvgIpc) is 3.08. The Labute approximate surface area is 170 Å². The summed E-state index contributed by atoms with van der Waals surface area (Å²) >= 11 is 1.84. The first-order valence-corrected chi connectivity index (χ1v) is 11.4. The molecule has 4 nitrogen and oxygen atoms in total.